The molecule has 0 aromatic rings. The molecule has 1 saturated heterocycles. The fraction of sp³-hybridized carbons (Fsp3) is 0.857. The van der Waals surface area contributed by atoms with E-state index >= 15 is 0 Å². The SMILES string of the molecule is CC(C)SC1C(=O)N(C(C)(C)C)C(=O)C1SC(C)C. The Morgan fingerprint density at radius 2 is 1.21 bits per heavy atom. The molecule has 0 N–H and O–H groups in total. The first-order chi connectivity index (χ1) is 8.55. The number of amides is 2. The first kappa shape index (κ1) is 16.9. The molecule has 110 valence electrons. The van der Waals surface area contributed by atoms with Crippen LogP contribution in [0.3, 0.4) is 0 Å². The summed E-state index contributed by atoms with van der Waals surface area (Å²) in [6.45, 7) is 14.0. The van der Waals surface area contributed by atoms with Crippen LogP contribution in [0.2, 0.25) is 0 Å². The van der Waals surface area contributed by atoms with Crippen LogP contribution < -0.4 is 0 Å². The highest BCUT2D eigenvalue weighted by Crippen LogP contribution is 2.39. The Morgan fingerprint density at radius 3 is 1.42 bits per heavy atom. The van der Waals surface area contributed by atoms with E-state index in [0.29, 0.717) is 10.5 Å². The highest BCUT2D eigenvalue weighted by molar-refractivity contribution is 8.05. The van der Waals surface area contributed by atoms with Crippen LogP contribution >= 0.6 is 23.5 Å². The monoisotopic (exact) mass is 303 g/mol. The van der Waals surface area contributed by atoms with Crippen LogP contribution in [0.4, 0.5) is 0 Å². The Kier molecular flexibility index (Phi) is 5.41. The standard InChI is InChI=1S/C14H25NO2S2/c1-8(2)18-10-11(19-9(3)4)13(17)15(12(10)16)14(5,6)7/h8-11H,1-7H3. The Balaban J connectivity index is 3.05. The van der Waals surface area contributed by atoms with Gasteiger partial charge in [-0.2, -0.15) is 0 Å². The van der Waals surface area contributed by atoms with Crippen molar-refractivity contribution in [3.8, 4) is 0 Å². The quantitative estimate of drug-likeness (QED) is 0.748. The number of hydrogen-bond donors (Lipinski definition) is 0. The maximum Gasteiger partial charge on any atom is 0.244 e. The van der Waals surface area contributed by atoms with Crippen molar-refractivity contribution in [3.05, 3.63) is 0 Å². The molecule has 2 atom stereocenters. The number of imide groups is 1. The molecule has 1 rings (SSSR count). The number of rotatable bonds is 4. The predicted molar refractivity (Wildman–Crippen MR) is 84.6 cm³/mol. The second-order valence-electron chi connectivity index (χ2n) is 6.39. The summed E-state index contributed by atoms with van der Waals surface area (Å²) in [6, 6.07) is 0. The molecule has 0 spiro atoms. The van der Waals surface area contributed by atoms with Crippen molar-refractivity contribution in [3.63, 3.8) is 0 Å². The van der Waals surface area contributed by atoms with E-state index in [1.165, 1.54) is 4.90 Å². The topological polar surface area (TPSA) is 37.4 Å². The largest absolute Gasteiger partial charge is 0.275 e. The lowest BCUT2D eigenvalue weighted by Gasteiger charge is -2.30. The highest BCUT2D eigenvalue weighted by atomic mass is 32.2. The van der Waals surface area contributed by atoms with E-state index in [2.05, 4.69) is 27.7 Å². The number of hydrogen-bond acceptors (Lipinski definition) is 4. The molecule has 1 aliphatic heterocycles. The second kappa shape index (κ2) is 6.08. The molecule has 2 amide bonds. The summed E-state index contributed by atoms with van der Waals surface area (Å²) in [5.41, 5.74) is -0.434. The lowest BCUT2D eigenvalue weighted by atomic mass is 10.1. The fourth-order valence-corrected chi connectivity index (χ4v) is 4.65. The minimum Gasteiger partial charge on any atom is -0.275 e. The molecule has 0 saturated carbocycles. The summed E-state index contributed by atoms with van der Waals surface area (Å²) in [5.74, 6) is -0.0382. The van der Waals surface area contributed by atoms with Gasteiger partial charge in [0.05, 0.1) is 0 Å². The zero-order chi connectivity index (χ0) is 15.0. The molecule has 0 aromatic heterocycles. The van der Waals surface area contributed by atoms with Crippen molar-refractivity contribution >= 4 is 35.3 Å². The molecule has 1 heterocycles. The van der Waals surface area contributed by atoms with Crippen LogP contribution in [-0.2, 0) is 9.59 Å². The van der Waals surface area contributed by atoms with E-state index in [9.17, 15) is 9.59 Å². The van der Waals surface area contributed by atoms with Crippen molar-refractivity contribution < 1.29 is 9.59 Å². The van der Waals surface area contributed by atoms with Gasteiger partial charge in [0.2, 0.25) is 11.8 Å². The number of carbonyl (C=O) groups is 2. The lowest BCUT2D eigenvalue weighted by Crippen LogP contribution is -2.46. The molecule has 3 nitrogen and oxygen atoms in total. The summed E-state index contributed by atoms with van der Waals surface area (Å²) >= 11 is 3.22. The van der Waals surface area contributed by atoms with Gasteiger partial charge in [0.15, 0.2) is 0 Å². The van der Waals surface area contributed by atoms with Crippen LogP contribution in [-0.4, -0.2) is 43.3 Å². The van der Waals surface area contributed by atoms with Gasteiger partial charge in [-0.3, -0.25) is 14.5 Å². The van der Waals surface area contributed by atoms with Gasteiger partial charge in [0.1, 0.15) is 10.5 Å². The number of thioether (sulfide) groups is 2. The Morgan fingerprint density at radius 1 is 0.895 bits per heavy atom. The first-order valence-electron chi connectivity index (χ1n) is 6.74. The van der Waals surface area contributed by atoms with Crippen molar-refractivity contribution in [1.29, 1.82) is 0 Å². The highest BCUT2D eigenvalue weighted by Gasteiger charge is 2.52. The van der Waals surface area contributed by atoms with Gasteiger partial charge in [-0.15, -0.1) is 23.5 Å². The summed E-state index contributed by atoms with van der Waals surface area (Å²) in [6.07, 6.45) is 0. The molecule has 0 aromatic carbocycles. The number of nitrogens with zero attached hydrogens (tertiary/aromatic N) is 1. The molecule has 0 aliphatic carbocycles. The van der Waals surface area contributed by atoms with Gasteiger partial charge >= 0.3 is 0 Å². The van der Waals surface area contributed by atoms with E-state index in [1.54, 1.807) is 23.5 Å². The van der Waals surface area contributed by atoms with E-state index < -0.39 is 5.54 Å². The Labute approximate surface area is 125 Å². The van der Waals surface area contributed by atoms with Crippen molar-refractivity contribution in [1.82, 2.24) is 4.90 Å². The van der Waals surface area contributed by atoms with Crippen molar-refractivity contribution in [2.45, 2.75) is 75.0 Å². The third-order valence-corrected chi connectivity index (χ3v) is 5.51. The molecule has 0 bridgehead atoms. The molecule has 0 radical (unpaired) electrons. The van der Waals surface area contributed by atoms with E-state index in [4.69, 9.17) is 0 Å². The van der Waals surface area contributed by atoms with E-state index in [0.717, 1.165) is 0 Å². The van der Waals surface area contributed by atoms with E-state index in [-0.39, 0.29) is 22.3 Å². The van der Waals surface area contributed by atoms with Gasteiger partial charge in [0.25, 0.3) is 0 Å². The average Bonchev–Trinajstić information content (AvgIpc) is 2.39. The summed E-state index contributed by atoms with van der Waals surface area (Å²) in [7, 11) is 0. The lowest BCUT2D eigenvalue weighted by molar-refractivity contribution is -0.143. The fourth-order valence-electron chi connectivity index (χ4n) is 2.13. The van der Waals surface area contributed by atoms with Crippen LogP contribution in [0.1, 0.15) is 48.5 Å². The maximum absolute atomic E-state index is 12.6. The summed E-state index contributed by atoms with van der Waals surface area (Å²) < 4.78 is 0. The zero-order valence-electron chi connectivity index (χ0n) is 12.9. The minimum absolute atomic E-state index is 0.0191. The van der Waals surface area contributed by atoms with Gasteiger partial charge < -0.3 is 0 Å². The van der Waals surface area contributed by atoms with Crippen LogP contribution in [0, 0.1) is 0 Å². The third-order valence-electron chi connectivity index (χ3n) is 2.71. The van der Waals surface area contributed by atoms with Crippen LogP contribution in [0.25, 0.3) is 0 Å². The van der Waals surface area contributed by atoms with Crippen molar-refractivity contribution in [2.75, 3.05) is 0 Å². The van der Waals surface area contributed by atoms with Crippen LogP contribution in [0.15, 0.2) is 0 Å². The molecule has 1 fully saturated rings. The number of carbonyl (C=O) groups excluding carboxylic acids is 2. The first-order valence-corrected chi connectivity index (χ1v) is 8.63. The smallest absolute Gasteiger partial charge is 0.244 e. The summed E-state index contributed by atoms with van der Waals surface area (Å²) in [5, 5.41) is 0.215. The average molecular weight is 303 g/mol. The second-order valence-corrected chi connectivity index (χ2v) is 9.84. The normalized spacial score (nSPS) is 25.0. The predicted octanol–water partition coefficient (Wildman–Crippen LogP) is 3.17. The van der Waals surface area contributed by atoms with Gasteiger partial charge in [0, 0.05) is 5.54 Å². The third kappa shape index (κ3) is 3.91. The van der Waals surface area contributed by atoms with Crippen molar-refractivity contribution in [2.24, 2.45) is 0 Å². The molecular formula is C14H25NO2S2. The Bertz CT molecular complexity index is 333. The van der Waals surface area contributed by atoms with Gasteiger partial charge in [-0.25, -0.2) is 0 Å². The molecule has 19 heavy (non-hydrogen) atoms. The Hall–Kier alpha value is -0.160. The molecule has 5 heteroatoms. The van der Waals surface area contributed by atoms with Gasteiger partial charge in [-0.1, -0.05) is 27.7 Å². The minimum atomic E-state index is -0.434. The zero-order valence-corrected chi connectivity index (χ0v) is 14.5. The summed E-state index contributed by atoms with van der Waals surface area (Å²) in [4.78, 5) is 26.6. The maximum atomic E-state index is 12.6. The van der Waals surface area contributed by atoms with Crippen LogP contribution in [0.5, 0.6) is 0 Å². The molecular weight excluding hydrogens is 278 g/mol. The molecule has 1 aliphatic rings. The van der Waals surface area contributed by atoms with E-state index in [1.807, 2.05) is 20.8 Å². The number of likely N-dealkylation sites (tertiary alicyclic amines) is 1. The molecule has 2 unspecified atom stereocenters. The van der Waals surface area contributed by atoms with Gasteiger partial charge in [-0.05, 0) is 31.3 Å².